The Labute approximate surface area is 159 Å². The third-order valence-electron chi connectivity index (χ3n) is 6.83. The van der Waals surface area contributed by atoms with Crippen LogP contribution in [0.3, 0.4) is 0 Å². The quantitative estimate of drug-likeness (QED) is 0.611. The van der Waals surface area contributed by atoms with Crippen molar-refractivity contribution in [2.45, 2.75) is 62.9 Å². The van der Waals surface area contributed by atoms with Gasteiger partial charge in [-0.2, -0.15) is 0 Å². The summed E-state index contributed by atoms with van der Waals surface area (Å²) in [5, 5.41) is 22.0. The molecule has 0 heterocycles. The molecule has 6 heteroatoms. The molecule has 4 fully saturated rings. The molecule has 0 radical (unpaired) electrons. The van der Waals surface area contributed by atoms with E-state index in [9.17, 15) is 19.8 Å². The van der Waals surface area contributed by atoms with E-state index in [1.54, 1.807) is 24.3 Å². The molecule has 1 aromatic rings. The lowest BCUT2D eigenvalue weighted by molar-refractivity contribution is -0.149. The number of carbonyl (C=O) groups excluding carboxylic acids is 1. The second-order valence-electron chi connectivity index (χ2n) is 9.28. The summed E-state index contributed by atoms with van der Waals surface area (Å²) in [4.78, 5) is 24.2. The molecule has 4 aliphatic rings. The van der Waals surface area contributed by atoms with E-state index in [0.29, 0.717) is 18.3 Å². The third kappa shape index (κ3) is 3.68. The summed E-state index contributed by atoms with van der Waals surface area (Å²) in [6.07, 6.45) is 6.40. The zero-order chi connectivity index (χ0) is 19.2. The van der Waals surface area contributed by atoms with Gasteiger partial charge in [0, 0.05) is 5.54 Å². The lowest BCUT2D eigenvalue weighted by Crippen LogP contribution is -2.65. The highest BCUT2D eigenvalue weighted by atomic mass is 16.4. The molecule has 6 nitrogen and oxygen atoms in total. The van der Waals surface area contributed by atoms with E-state index in [0.717, 1.165) is 37.7 Å². The van der Waals surface area contributed by atoms with Crippen LogP contribution < -0.4 is 11.1 Å². The van der Waals surface area contributed by atoms with Gasteiger partial charge in [0.15, 0.2) is 0 Å². The summed E-state index contributed by atoms with van der Waals surface area (Å²) >= 11 is 0. The Morgan fingerprint density at radius 1 is 1.15 bits per heavy atom. The molecule has 1 aromatic carbocycles. The van der Waals surface area contributed by atoms with Crippen molar-refractivity contribution >= 4 is 11.9 Å². The van der Waals surface area contributed by atoms with E-state index in [1.807, 2.05) is 0 Å². The van der Waals surface area contributed by atoms with Gasteiger partial charge in [-0.3, -0.25) is 9.59 Å². The van der Waals surface area contributed by atoms with Gasteiger partial charge >= 0.3 is 5.97 Å². The summed E-state index contributed by atoms with van der Waals surface area (Å²) < 4.78 is 0. The molecule has 0 aliphatic heterocycles. The van der Waals surface area contributed by atoms with Crippen LogP contribution >= 0.6 is 0 Å². The Balaban J connectivity index is 1.45. The molecule has 0 aromatic heterocycles. The zero-order valence-electron chi connectivity index (χ0n) is 15.5. The van der Waals surface area contributed by atoms with Crippen LogP contribution in [0.15, 0.2) is 24.3 Å². The number of nitrogens with one attached hydrogen (secondary N) is 1. The van der Waals surface area contributed by atoms with Crippen LogP contribution in [-0.2, 0) is 16.0 Å². The molecule has 1 amide bonds. The molecule has 2 unspecified atom stereocenters. The van der Waals surface area contributed by atoms with Gasteiger partial charge in [-0.05, 0) is 79.9 Å². The number of hydrogen-bond donors (Lipinski definition) is 4. The SMILES string of the molecule is N[C@@H](Cc1ccc(O)cc1)C(=O)NC12CC3CC(CC(CC(=O)O)(C3)C1)C2. The first-order valence-electron chi connectivity index (χ1n) is 9.84. The van der Waals surface area contributed by atoms with Crippen molar-refractivity contribution < 1.29 is 19.8 Å². The molecule has 5 rings (SSSR count). The summed E-state index contributed by atoms with van der Waals surface area (Å²) in [5.74, 6) is 0.325. The van der Waals surface area contributed by atoms with Crippen LogP contribution in [0.1, 0.15) is 50.5 Å². The molecular weight excluding hydrogens is 344 g/mol. The van der Waals surface area contributed by atoms with E-state index in [1.165, 1.54) is 6.42 Å². The van der Waals surface area contributed by atoms with Crippen molar-refractivity contribution in [1.82, 2.24) is 5.32 Å². The van der Waals surface area contributed by atoms with Crippen LogP contribution in [0.25, 0.3) is 0 Å². The van der Waals surface area contributed by atoms with Gasteiger partial charge in [0.25, 0.3) is 0 Å². The minimum Gasteiger partial charge on any atom is -0.508 e. The first-order valence-corrected chi connectivity index (χ1v) is 9.84. The second kappa shape index (κ2) is 6.51. The minimum atomic E-state index is -0.734. The molecule has 146 valence electrons. The summed E-state index contributed by atoms with van der Waals surface area (Å²) in [7, 11) is 0. The van der Waals surface area contributed by atoms with Gasteiger partial charge in [0.1, 0.15) is 5.75 Å². The zero-order valence-corrected chi connectivity index (χ0v) is 15.5. The number of carboxylic acid groups (broad SMARTS) is 1. The Bertz CT molecular complexity index is 731. The second-order valence-corrected chi connectivity index (χ2v) is 9.28. The Hall–Kier alpha value is -2.08. The maximum Gasteiger partial charge on any atom is 0.303 e. The highest BCUT2D eigenvalue weighted by Gasteiger charge is 2.58. The number of phenols is 1. The lowest BCUT2D eigenvalue weighted by Gasteiger charge is -2.62. The fraction of sp³-hybridized carbons (Fsp3) is 0.619. The van der Waals surface area contributed by atoms with E-state index >= 15 is 0 Å². The summed E-state index contributed by atoms with van der Waals surface area (Å²) in [6.45, 7) is 0. The smallest absolute Gasteiger partial charge is 0.303 e. The van der Waals surface area contributed by atoms with Crippen LogP contribution in [0, 0.1) is 17.3 Å². The predicted molar refractivity (Wildman–Crippen MR) is 100 cm³/mol. The van der Waals surface area contributed by atoms with Crippen LogP contribution in [0.4, 0.5) is 0 Å². The standard InChI is InChI=1S/C21H28N2O4/c22-17(6-13-1-3-16(24)4-2-13)19(27)23-21-9-14-5-15(10-21)8-20(7-14,12-21)11-18(25)26/h1-4,14-15,17,24H,5-12,22H2,(H,23,27)(H,25,26)/t14?,15?,17-,20?,21?/m0/s1. The van der Waals surface area contributed by atoms with Crippen molar-refractivity contribution in [1.29, 1.82) is 0 Å². The minimum absolute atomic E-state index is 0.157. The van der Waals surface area contributed by atoms with Crippen LogP contribution in [-0.4, -0.2) is 33.7 Å². The van der Waals surface area contributed by atoms with E-state index in [2.05, 4.69) is 5.32 Å². The predicted octanol–water partition coefficient (Wildman–Crippen LogP) is 2.19. The number of hydrogen-bond acceptors (Lipinski definition) is 4. The molecular formula is C21H28N2O4. The molecule has 4 aliphatic carbocycles. The average molecular weight is 372 g/mol. The number of amides is 1. The molecule has 27 heavy (non-hydrogen) atoms. The Morgan fingerprint density at radius 2 is 1.78 bits per heavy atom. The van der Waals surface area contributed by atoms with Gasteiger partial charge in [0.05, 0.1) is 12.5 Å². The summed E-state index contributed by atoms with van der Waals surface area (Å²) in [5.41, 5.74) is 6.62. The number of rotatable bonds is 6. The summed E-state index contributed by atoms with van der Waals surface area (Å²) in [6, 6.07) is 6.07. The molecule has 4 bridgehead atoms. The topological polar surface area (TPSA) is 113 Å². The normalized spacial score (nSPS) is 35.0. The number of carbonyl (C=O) groups is 2. The number of nitrogens with two attached hydrogens (primary N) is 1. The third-order valence-corrected chi connectivity index (χ3v) is 6.83. The van der Waals surface area contributed by atoms with Crippen molar-refractivity contribution in [2.75, 3.05) is 0 Å². The maximum atomic E-state index is 12.8. The van der Waals surface area contributed by atoms with Crippen LogP contribution in [0.5, 0.6) is 5.75 Å². The highest BCUT2D eigenvalue weighted by molar-refractivity contribution is 5.82. The monoisotopic (exact) mass is 372 g/mol. The molecule has 0 spiro atoms. The first kappa shape index (κ1) is 18.3. The van der Waals surface area contributed by atoms with Gasteiger partial charge in [-0.1, -0.05) is 12.1 Å². The van der Waals surface area contributed by atoms with Crippen molar-refractivity contribution in [3.63, 3.8) is 0 Å². The number of aliphatic carboxylic acids is 1. The Kier molecular flexibility index (Phi) is 4.41. The van der Waals surface area contributed by atoms with Gasteiger partial charge < -0.3 is 21.3 Å². The van der Waals surface area contributed by atoms with E-state index in [-0.39, 0.29) is 29.0 Å². The van der Waals surface area contributed by atoms with Gasteiger partial charge in [-0.15, -0.1) is 0 Å². The largest absolute Gasteiger partial charge is 0.508 e. The first-order chi connectivity index (χ1) is 12.8. The molecule has 0 saturated heterocycles. The number of benzene rings is 1. The Morgan fingerprint density at radius 3 is 2.37 bits per heavy atom. The number of carboxylic acids is 1. The maximum absolute atomic E-state index is 12.8. The highest BCUT2D eigenvalue weighted by Crippen LogP contribution is 2.62. The fourth-order valence-corrected chi connectivity index (χ4v) is 6.46. The number of phenolic OH excluding ortho intramolecular Hbond substituents is 1. The van der Waals surface area contributed by atoms with Crippen molar-refractivity contribution in [2.24, 2.45) is 23.0 Å². The van der Waals surface area contributed by atoms with Crippen molar-refractivity contribution in [3.8, 4) is 5.75 Å². The van der Waals surface area contributed by atoms with Gasteiger partial charge in [-0.25, -0.2) is 0 Å². The average Bonchev–Trinajstić information content (AvgIpc) is 2.54. The van der Waals surface area contributed by atoms with Crippen LogP contribution in [0.2, 0.25) is 0 Å². The lowest BCUT2D eigenvalue weighted by atomic mass is 9.46. The van der Waals surface area contributed by atoms with E-state index in [4.69, 9.17) is 5.73 Å². The van der Waals surface area contributed by atoms with Crippen molar-refractivity contribution in [3.05, 3.63) is 29.8 Å². The fourth-order valence-electron chi connectivity index (χ4n) is 6.46. The molecule has 3 atom stereocenters. The molecule has 4 saturated carbocycles. The number of aromatic hydroxyl groups is 1. The molecule has 5 N–H and O–H groups in total. The van der Waals surface area contributed by atoms with E-state index < -0.39 is 12.0 Å². The van der Waals surface area contributed by atoms with Gasteiger partial charge in [0.2, 0.25) is 5.91 Å².